The summed E-state index contributed by atoms with van der Waals surface area (Å²) in [5.41, 5.74) is 7.63. The number of rotatable bonds is 4. The Bertz CT molecular complexity index is 609. The number of benzene rings is 2. The molecule has 0 aliphatic heterocycles. The van der Waals surface area contributed by atoms with E-state index in [4.69, 9.17) is 10.5 Å². The number of nitrogens with two attached hydrogens (primary N) is 1. The van der Waals surface area contributed by atoms with E-state index in [1.165, 1.54) is 13.2 Å². The summed E-state index contributed by atoms with van der Waals surface area (Å²) in [6.45, 7) is 0. The summed E-state index contributed by atoms with van der Waals surface area (Å²) in [6.07, 6.45) is 0.243. The van der Waals surface area contributed by atoms with Crippen LogP contribution in [0.2, 0.25) is 0 Å². The highest BCUT2D eigenvalue weighted by atomic mass is 16.5. The average Bonchev–Trinajstić information content (AvgIpc) is 2.41. The number of carbonyl (C=O) groups is 1. The van der Waals surface area contributed by atoms with E-state index in [0.717, 1.165) is 5.56 Å². The van der Waals surface area contributed by atoms with Crippen LogP contribution in [0.4, 0.5) is 11.4 Å². The molecule has 0 saturated heterocycles. The maximum absolute atomic E-state index is 11.9. The van der Waals surface area contributed by atoms with Gasteiger partial charge in [-0.25, -0.2) is 0 Å². The Balaban J connectivity index is 2.01. The first-order valence-corrected chi connectivity index (χ1v) is 6.10. The number of phenolic OH excluding ortho intramolecular Hbond substituents is 1. The lowest BCUT2D eigenvalue weighted by Gasteiger charge is -2.08. The van der Waals surface area contributed by atoms with Crippen LogP contribution in [0.25, 0.3) is 0 Å². The second-order valence-electron chi connectivity index (χ2n) is 4.35. The van der Waals surface area contributed by atoms with Crippen LogP contribution in [0.5, 0.6) is 11.5 Å². The highest BCUT2D eigenvalue weighted by Gasteiger charge is 2.07. The number of hydrogen-bond acceptors (Lipinski definition) is 4. The molecule has 0 heterocycles. The van der Waals surface area contributed by atoms with Crippen LogP contribution in [0, 0.1) is 0 Å². The van der Waals surface area contributed by atoms with Crippen molar-refractivity contribution in [2.45, 2.75) is 6.42 Å². The van der Waals surface area contributed by atoms with Crippen molar-refractivity contribution in [2.24, 2.45) is 0 Å². The van der Waals surface area contributed by atoms with Gasteiger partial charge in [0.05, 0.1) is 13.5 Å². The van der Waals surface area contributed by atoms with Crippen LogP contribution in [0.3, 0.4) is 0 Å². The van der Waals surface area contributed by atoms with Gasteiger partial charge in [-0.05, 0) is 29.8 Å². The highest BCUT2D eigenvalue weighted by Crippen LogP contribution is 2.28. The summed E-state index contributed by atoms with van der Waals surface area (Å²) in [5, 5.41) is 12.3. The standard InChI is InChI=1S/C15H16N2O3/c1-20-14-7-6-12(9-13(14)18)17-15(19)8-10-2-4-11(16)5-3-10/h2-7,9,18H,8,16H2,1H3,(H,17,19). The third-order valence-electron chi connectivity index (χ3n) is 2.81. The van der Waals surface area contributed by atoms with Gasteiger partial charge in [0.2, 0.25) is 5.91 Å². The molecule has 104 valence electrons. The molecule has 4 N–H and O–H groups in total. The fourth-order valence-electron chi connectivity index (χ4n) is 1.79. The predicted octanol–water partition coefficient (Wildman–Crippen LogP) is 2.16. The Morgan fingerprint density at radius 1 is 1.25 bits per heavy atom. The van der Waals surface area contributed by atoms with Gasteiger partial charge in [0.15, 0.2) is 11.5 Å². The minimum atomic E-state index is -0.167. The number of amides is 1. The molecule has 0 bridgehead atoms. The zero-order chi connectivity index (χ0) is 14.5. The molecule has 2 rings (SSSR count). The molecule has 2 aromatic carbocycles. The lowest BCUT2D eigenvalue weighted by Crippen LogP contribution is -2.14. The molecule has 0 unspecified atom stereocenters. The number of nitrogen functional groups attached to an aromatic ring is 1. The molecule has 0 aliphatic rings. The molecule has 1 amide bonds. The van der Waals surface area contributed by atoms with Gasteiger partial charge in [-0.1, -0.05) is 12.1 Å². The van der Waals surface area contributed by atoms with Crippen LogP contribution in [-0.4, -0.2) is 18.1 Å². The number of carbonyl (C=O) groups excluding carboxylic acids is 1. The van der Waals surface area contributed by atoms with Gasteiger partial charge >= 0.3 is 0 Å². The van der Waals surface area contributed by atoms with Crippen LogP contribution < -0.4 is 15.8 Å². The van der Waals surface area contributed by atoms with Gasteiger partial charge in [-0.3, -0.25) is 4.79 Å². The summed E-state index contributed by atoms with van der Waals surface area (Å²) in [5.74, 6) is 0.179. The van der Waals surface area contributed by atoms with Crippen LogP contribution in [0.1, 0.15) is 5.56 Å². The summed E-state index contributed by atoms with van der Waals surface area (Å²) < 4.78 is 4.94. The molecule has 0 aromatic heterocycles. The van der Waals surface area contributed by atoms with E-state index in [2.05, 4.69) is 5.32 Å². The molecule has 0 atom stereocenters. The van der Waals surface area contributed by atoms with Crippen molar-refractivity contribution < 1.29 is 14.6 Å². The maximum atomic E-state index is 11.9. The van der Waals surface area contributed by atoms with Crippen molar-refractivity contribution in [1.29, 1.82) is 0 Å². The second kappa shape index (κ2) is 5.97. The number of ether oxygens (including phenoxy) is 1. The lowest BCUT2D eigenvalue weighted by molar-refractivity contribution is -0.115. The van der Waals surface area contributed by atoms with Crippen molar-refractivity contribution >= 4 is 17.3 Å². The minimum absolute atomic E-state index is 0.0159. The zero-order valence-electron chi connectivity index (χ0n) is 11.1. The van der Waals surface area contributed by atoms with Crippen LogP contribution in [0.15, 0.2) is 42.5 Å². The second-order valence-corrected chi connectivity index (χ2v) is 4.35. The number of methoxy groups -OCH3 is 1. The molecule has 20 heavy (non-hydrogen) atoms. The van der Waals surface area contributed by atoms with E-state index in [9.17, 15) is 9.90 Å². The van der Waals surface area contributed by atoms with Crippen molar-refractivity contribution in [3.8, 4) is 11.5 Å². The molecule has 0 radical (unpaired) electrons. The Kier molecular flexibility index (Phi) is 4.10. The van der Waals surface area contributed by atoms with Gasteiger partial charge in [0.25, 0.3) is 0 Å². The molecular formula is C15H16N2O3. The zero-order valence-corrected chi connectivity index (χ0v) is 11.1. The molecule has 5 heteroatoms. The fraction of sp³-hybridized carbons (Fsp3) is 0.133. The SMILES string of the molecule is COc1ccc(NC(=O)Cc2ccc(N)cc2)cc1O. The molecule has 0 spiro atoms. The molecular weight excluding hydrogens is 256 g/mol. The number of nitrogens with one attached hydrogen (secondary N) is 1. The van der Waals surface area contributed by atoms with E-state index in [1.54, 1.807) is 36.4 Å². The van der Waals surface area contributed by atoms with Crippen molar-refractivity contribution in [3.05, 3.63) is 48.0 Å². The van der Waals surface area contributed by atoms with Gasteiger partial charge in [-0.2, -0.15) is 0 Å². The van der Waals surface area contributed by atoms with Gasteiger partial charge in [-0.15, -0.1) is 0 Å². The summed E-state index contributed by atoms with van der Waals surface area (Å²) in [6, 6.07) is 11.8. The van der Waals surface area contributed by atoms with Gasteiger partial charge < -0.3 is 20.9 Å². The Hall–Kier alpha value is -2.69. The first-order chi connectivity index (χ1) is 9.58. The average molecular weight is 272 g/mol. The largest absolute Gasteiger partial charge is 0.504 e. The Morgan fingerprint density at radius 2 is 1.95 bits per heavy atom. The first-order valence-electron chi connectivity index (χ1n) is 6.10. The third kappa shape index (κ3) is 3.41. The van der Waals surface area contributed by atoms with Crippen LogP contribution in [-0.2, 0) is 11.2 Å². The number of anilines is 2. The third-order valence-corrected chi connectivity index (χ3v) is 2.81. The molecule has 0 fully saturated rings. The monoisotopic (exact) mass is 272 g/mol. The number of aromatic hydroxyl groups is 1. The smallest absolute Gasteiger partial charge is 0.228 e. The lowest BCUT2D eigenvalue weighted by atomic mass is 10.1. The quantitative estimate of drug-likeness (QED) is 0.745. The van der Waals surface area contributed by atoms with Crippen molar-refractivity contribution in [3.63, 3.8) is 0 Å². The number of hydrogen-bond donors (Lipinski definition) is 3. The van der Waals surface area contributed by atoms with Gasteiger partial charge in [0, 0.05) is 17.4 Å². The summed E-state index contributed by atoms with van der Waals surface area (Å²) >= 11 is 0. The molecule has 0 saturated carbocycles. The van der Waals surface area contributed by atoms with Crippen molar-refractivity contribution in [1.82, 2.24) is 0 Å². The van der Waals surface area contributed by atoms with E-state index >= 15 is 0 Å². The highest BCUT2D eigenvalue weighted by molar-refractivity contribution is 5.92. The van der Waals surface area contributed by atoms with E-state index < -0.39 is 0 Å². The van der Waals surface area contributed by atoms with Crippen LogP contribution >= 0.6 is 0 Å². The summed E-state index contributed by atoms with van der Waals surface area (Å²) in [7, 11) is 1.47. The first kappa shape index (κ1) is 13.7. The molecule has 2 aromatic rings. The summed E-state index contributed by atoms with van der Waals surface area (Å²) in [4.78, 5) is 11.9. The predicted molar refractivity (Wildman–Crippen MR) is 77.8 cm³/mol. The van der Waals surface area contributed by atoms with E-state index in [0.29, 0.717) is 17.1 Å². The minimum Gasteiger partial charge on any atom is -0.504 e. The normalized spacial score (nSPS) is 10.1. The Labute approximate surface area is 117 Å². The number of phenols is 1. The van der Waals surface area contributed by atoms with Gasteiger partial charge in [0.1, 0.15) is 0 Å². The van der Waals surface area contributed by atoms with E-state index in [1.807, 2.05) is 0 Å². The van der Waals surface area contributed by atoms with Crippen molar-refractivity contribution in [2.75, 3.05) is 18.2 Å². The molecule has 5 nitrogen and oxygen atoms in total. The molecule has 0 aliphatic carbocycles. The maximum Gasteiger partial charge on any atom is 0.228 e. The fourth-order valence-corrected chi connectivity index (χ4v) is 1.79. The topological polar surface area (TPSA) is 84.6 Å². The van der Waals surface area contributed by atoms with E-state index in [-0.39, 0.29) is 18.1 Å². The Morgan fingerprint density at radius 3 is 2.55 bits per heavy atom.